The number of thiophene rings is 1. The molecule has 1 aliphatic heterocycles. The van der Waals surface area contributed by atoms with E-state index in [0.717, 1.165) is 36.8 Å². The molecule has 1 saturated carbocycles. The molecule has 1 amide bonds. The average molecular weight is 404 g/mol. The zero-order valence-electron chi connectivity index (χ0n) is 15.8. The van der Waals surface area contributed by atoms with Crippen molar-refractivity contribution < 1.29 is 4.79 Å². The van der Waals surface area contributed by atoms with E-state index in [0.29, 0.717) is 27.7 Å². The van der Waals surface area contributed by atoms with Crippen LogP contribution in [0.15, 0.2) is 35.8 Å². The van der Waals surface area contributed by atoms with Gasteiger partial charge in [0.1, 0.15) is 22.2 Å². The lowest BCUT2D eigenvalue weighted by Gasteiger charge is -2.24. The van der Waals surface area contributed by atoms with E-state index in [9.17, 15) is 10.1 Å². The Hall–Kier alpha value is -3.02. The minimum absolute atomic E-state index is 0.276. The molecule has 3 heterocycles. The number of benzene rings is 1. The van der Waals surface area contributed by atoms with Gasteiger partial charge in [0, 0.05) is 37.0 Å². The van der Waals surface area contributed by atoms with Gasteiger partial charge in [0.2, 0.25) is 0 Å². The summed E-state index contributed by atoms with van der Waals surface area (Å²) < 4.78 is 0. The van der Waals surface area contributed by atoms with Gasteiger partial charge in [0.25, 0.3) is 5.91 Å². The molecule has 2 aliphatic rings. The quantitative estimate of drug-likeness (QED) is 0.697. The molecule has 5 rings (SSSR count). The van der Waals surface area contributed by atoms with Crippen molar-refractivity contribution in [1.29, 1.82) is 5.26 Å². The molecule has 0 bridgehead atoms. The van der Waals surface area contributed by atoms with Gasteiger partial charge in [0.15, 0.2) is 0 Å². The molecule has 7 nitrogen and oxygen atoms in total. The minimum Gasteiger partial charge on any atom is -0.353 e. The van der Waals surface area contributed by atoms with Crippen molar-refractivity contribution in [3.8, 4) is 6.07 Å². The summed E-state index contributed by atoms with van der Waals surface area (Å²) in [6.45, 7) is 3.83. The molecule has 2 aromatic heterocycles. The molecule has 3 aromatic rings. The van der Waals surface area contributed by atoms with Crippen molar-refractivity contribution in [1.82, 2.24) is 15.3 Å². The van der Waals surface area contributed by atoms with Crippen LogP contribution in [0.2, 0.25) is 0 Å². The Balaban J connectivity index is 1.45. The van der Waals surface area contributed by atoms with Gasteiger partial charge in [-0.25, -0.2) is 9.97 Å². The van der Waals surface area contributed by atoms with Crippen LogP contribution in [0.1, 0.15) is 28.8 Å². The van der Waals surface area contributed by atoms with Gasteiger partial charge in [-0.05, 0) is 25.0 Å². The zero-order valence-corrected chi connectivity index (χ0v) is 16.6. The number of para-hydroxylation sites is 1. The highest BCUT2D eigenvalue weighted by molar-refractivity contribution is 7.17. The molecule has 29 heavy (non-hydrogen) atoms. The lowest BCUT2D eigenvalue weighted by molar-refractivity contribution is 0.102. The maximum Gasteiger partial charge on any atom is 0.258 e. The maximum atomic E-state index is 12.9. The van der Waals surface area contributed by atoms with Crippen molar-refractivity contribution in [2.75, 3.05) is 36.4 Å². The van der Waals surface area contributed by atoms with E-state index in [1.165, 1.54) is 24.2 Å². The SMILES string of the molecule is N#Cc1ccccc1NC(=O)c1csc2ncc(N3CCNCC4(CC4)C3)nc12. The molecule has 1 spiro atoms. The first-order chi connectivity index (χ1) is 14.2. The van der Waals surface area contributed by atoms with Gasteiger partial charge in [-0.3, -0.25) is 4.79 Å². The molecule has 1 saturated heterocycles. The third-order valence-electron chi connectivity index (χ3n) is 5.68. The number of hydrogen-bond acceptors (Lipinski definition) is 7. The van der Waals surface area contributed by atoms with Crippen LogP contribution in [0, 0.1) is 16.7 Å². The van der Waals surface area contributed by atoms with Crippen LogP contribution in [-0.2, 0) is 0 Å². The monoisotopic (exact) mass is 404 g/mol. The topological polar surface area (TPSA) is 93.9 Å². The predicted octanol–water partition coefficient (Wildman–Crippen LogP) is 3.01. The summed E-state index contributed by atoms with van der Waals surface area (Å²) in [6, 6.07) is 9.07. The van der Waals surface area contributed by atoms with Gasteiger partial charge in [0.05, 0.1) is 23.0 Å². The van der Waals surface area contributed by atoms with E-state index in [2.05, 4.69) is 26.6 Å². The highest BCUT2D eigenvalue weighted by atomic mass is 32.1. The summed E-state index contributed by atoms with van der Waals surface area (Å²) in [5.41, 5.74) is 2.39. The minimum atomic E-state index is -0.276. The van der Waals surface area contributed by atoms with Gasteiger partial charge >= 0.3 is 0 Å². The lowest BCUT2D eigenvalue weighted by atomic mass is 10.1. The van der Waals surface area contributed by atoms with E-state index in [-0.39, 0.29) is 5.91 Å². The van der Waals surface area contributed by atoms with Crippen LogP contribution in [0.25, 0.3) is 10.3 Å². The third-order valence-corrected chi connectivity index (χ3v) is 6.55. The molecule has 2 fully saturated rings. The first-order valence-electron chi connectivity index (χ1n) is 9.68. The number of fused-ring (bicyclic) bond motifs is 1. The Morgan fingerprint density at radius 3 is 3.03 bits per heavy atom. The number of amides is 1. The highest BCUT2D eigenvalue weighted by Gasteiger charge is 2.44. The van der Waals surface area contributed by atoms with Gasteiger partial charge < -0.3 is 15.5 Å². The molecule has 146 valence electrons. The summed E-state index contributed by atoms with van der Waals surface area (Å²) in [5.74, 6) is 0.541. The van der Waals surface area contributed by atoms with Crippen molar-refractivity contribution in [2.24, 2.45) is 5.41 Å². The van der Waals surface area contributed by atoms with E-state index in [4.69, 9.17) is 4.98 Å². The second-order valence-corrected chi connectivity index (χ2v) is 8.60. The number of hydrogen-bond donors (Lipinski definition) is 2. The van der Waals surface area contributed by atoms with Crippen LogP contribution in [-0.4, -0.2) is 42.1 Å². The first kappa shape index (κ1) is 18.0. The number of nitrogens with zero attached hydrogens (tertiary/aromatic N) is 4. The van der Waals surface area contributed by atoms with E-state index >= 15 is 0 Å². The van der Waals surface area contributed by atoms with Crippen LogP contribution in [0.5, 0.6) is 0 Å². The number of rotatable bonds is 3. The second-order valence-electron chi connectivity index (χ2n) is 7.74. The van der Waals surface area contributed by atoms with Crippen LogP contribution < -0.4 is 15.5 Å². The molecule has 0 unspecified atom stereocenters. The van der Waals surface area contributed by atoms with Crippen LogP contribution >= 0.6 is 11.3 Å². The van der Waals surface area contributed by atoms with Crippen LogP contribution in [0.3, 0.4) is 0 Å². The number of carbonyl (C=O) groups is 1. The summed E-state index contributed by atoms with van der Waals surface area (Å²) in [6.07, 6.45) is 4.31. The fourth-order valence-electron chi connectivity index (χ4n) is 3.81. The molecule has 0 radical (unpaired) electrons. The second kappa shape index (κ2) is 7.10. The Bertz CT molecular complexity index is 1130. The van der Waals surface area contributed by atoms with Gasteiger partial charge in [-0.2, -0.15) is 5.26 Å². The Labute approximate surface area is 172 Å². The molecule has 1 aromatic carbocycles. The Kier molecular flexibility index (Phi) is 4.42. The molecule has 2 N–H and O–H groups in total. The summed E-state index contributed by atoms with van der Waals surface area (Å²) in [4.78, 5) is 25.3. The first-order valence-corrected chi connectivity index (χ1v) is 10.6. The third kappa shape index (κ3) is 3.43. The molecular weight excluding hydrogens is 384 g/mol. The normalized spacial score (nSPS) is 17.7. The number of nitriles is 1. The highest BCUT2D eigenvalue weighted by Crippen LogP contribution is 2.46. The molecule has 0 atom stereocenters. The molecular formula is C21H20N6OS. The fourth-order valence-corrected chi connectivity index (χ4v) is 4.64. The molecule has 1 aliphatic carbocycles. The number of anilines is 2. The van der Waals surface area contributed by atoms with E-state index < -0.39 is 0 Å². The number of nitrogens with one attached hydrogen (secondary N) is 2. The van der Waals surface area contributed by atoms with Gasteiger partial charge in [-0.1, -0.05) is 12.1 Å². The van der Waals surface area contributed by atoms with E-state index in [1.807, 2.05) is 6.20 Å². The Morgan fingerprint density at radius 2 is 2.21 bits per heavy atom. The van der Waals surface area contributed by atoms with Crippen molar-refractivity contribution in [3.63, 3.8) is 0 Å². The lowest BCUT2D eigenvalue weighted by Crippen LogP contribution is -2.31. The Morgan fingerprint density at radius 1 is 1.34 bits per heavy atom. The summed E-state index contributed by atoms with van der Waals surface area (Å²) >= 11 is 1.40. The largest absolute Gasteiger partial charge is 0.353 e. The van der Waals surface area contributed by atoms with Gasteiger partial charge in [-0.15, -0.1) is 11.3 Å². The summed E-state index contributed by atoms with van der Waals surface area (Å²) in [5, 5.41) is 17.4. The van der Waals surface area contributed by atoms with E-state index in [1.54, 1.807) is 29.6 Å². The fraction of sp³-hybridized carbons (Fsp3) is 0.333. The van der Waals surface area contributed by atoms with Crippen LogP contribution in [0.4, 0.5) is 11.5 Å². The number of carbonyl (C=O) groups excluding carboxylic acids is 1. The number of aromatic nitrogens is 2. The zero-order chi connectivity index (χ0) is 19.8. The van der Waals surface area contributed by atoms with Crippen molar-refractivity contribution in [3.05, 3.63) is 47.0 Å². The predicted molar refractivity (Wildman–Crippen MR) is 113 cm³/mol. The smallest absolute Gasteiger partial charge is 0.258 e. The standard InChI is InChI=1S/C21H20N6OS/c22-9-14-3-1-2-4-16(14)25-19(28)15-11-29-20-18(15)26-17(10-24-20)27-8-7-23-12-21(13-27)5-6-21/h1-4,10-11,23H,5-8,12-13H2,(H,25,28). The summed E-state index contributed by atoms with van der Waals surface area (Å²) in [7, 11) is 0. The molecule has 8 heteroatoms. The average Bonchev–Trinajstić information content (AvgIpc) is 3.44. The van der Waals surface area contributed by atoms with Crippen molar-refractivity contribution in [2.45, 2.75) is 12.8 Å². The van der Waals surface area contributed by atoms with Crippen molar-refractivity contribution >= 4 is 39.1 Å². The maximum absolute atomic E-state index is 12.9.